The van der Waals surface area contributed by atoms with Crippen LogP contribution in [0.3, 0.4) is 0 Å². The SMILES string of the molecule is CC(C)Oc1ccc(C(=O)N2CCC(c3nc(C(=O)N4CCN(CCc5cccs5)CC4)cs3)CC2)cc1. The Labute approximate surface area is 233 Å². The fourth-order valence-corrected chi connectivity index (χ4v) is 6.76. The molecule has 0 unspecified atom stereocenters. The lowest BCUT2D eigenvalue weighted by Gasteiger charge is -2.34. The summed E-state index contributed by atoms with van der Waals surface area (Å²) in [6, 6.07) is 11.7. The fourth-order valence-electron chi connectivity index (χ4n) is 5.09. The minimum Gasteiger partial charge on any atom is -0.491 e. The Bertz CT molecular complexity index is 1190. The minimum atomic E-state index is 0.0444. The predicted octanol–water partition coefficient (Wildman–Crippen LogP) is 5.01. The summed E-state index contributed by atoms with van der Waals surface area (Å²) >= 11 is 3.39. The van der Waals surface area contributed by atoms with Crippen LogP contribution in [0.2, 0.25) is 0 Å². The molecular formula is C29H36N4O3S2. The molecule has 1 aromatic carbocycles. The Morgan fingerprint density at radius 3 is 2.32 bits per heavy atom. The third-order valence-corrected chi connectivity index (χ3v) is 9.20. The number of hydrogen-bond donors (Lipinski definition) is 0. The highest BCUT2D eigenvalue weighted by molar-refractivity contribution is 7.10. The van der Waals surface area contributed by atoms with Gasteiger partial charge >= 0.3 is 0 Å². The molecule has 2 aliphatic rings. The van der Waals surface area contributed by atoms with E-state index in [0.29, 0.717) is 30.3 Å². The second kappa shape index (κ2) is 12.4. The summed E-state index contributed by atoms with van der Waals surface area (Å²) in [7, 11) is 0. The standard InChI is InChI=1S/C29H36N4O3S2/c1-21(2)36-24-7-5-23(6-8-24)28(34)32-13-9-22(10-14-32)27-30-26(20-38-27)29(35)33-17-15-31(16-18-33)12-11-25-4-3-19-37-25/h3-8,19-22H,9-18H2,1-2H3. The molecule has 0 aliphatic carbocycles. The van der Waals surface area contributed by atoms with E-state index in [2.05, 4.69) is 22.4 Å². The lowest BCUT2D eigenvalue weighted by Crippen LogP contribution is -2.49. The van der Waals surface area contributed by atoms with E-state index in [1.165, 1.54) is 4.88 Å². The van der Waals surface area contributed by atoms with Crippen molar-refractivity contribution in [2.24, 2.45) is 0 Å². The topological polar surface area (TPSA) is 66.0 Å². The van der Waals surface area contributed by atoms with Crippen LogP contribution in [0.1, 0.15) is 63.3 Å². The van der Waals surface area contributed by atoms with E-state index in [1.807, 2.05) is 64.6 Å². The summed E-state index contributed by atoms with van der Waals surface area (Å²) in [5.74, 6) is 1.17. The largest absolute Gasteiger partial charge is 0.491 e. The number of benzene rings is 1. The van der Waals surface area contributed by atoms with Crippen molar-refractivity contribution in [3.63, 3.8) is 0 Å². The van der Waals surface area contributed by atoms with E-state index >= 15 is 0 Å². The van der Waals surface area contributed by atoms with Crippen molar-refractivity contribution in [3.05, 3.63) is 68.3 Å². The number of carbonyl (C=O) groups excluding carboxylic acids is 2. The number of amides is 2. The molecule has 38 heavy (non-hydrogen) atoms. The first-order chi connectivity index (χ1) is 18.5. The van der Waals surface area contributed by atoms with E-state index < -0.39 is 0 Å². The Hall–Kier alpha value is -2.75. The lowest BCUT2D eigenvalue weighted by molar-refractivity contribution is 0.0633. The van der Waals surface area contributed by atoms with Crippen molar-refractivity contribution < 1.29 is 14.3 Å². The number of piperazine rings is 1. The van der Waals surface area contributed by atoms with Crippen molar-refractivity contribution in [2.75, 3.05) is 45.8 Å². The molecule has 0 saturated carbocycles. The monoisotopic (exact) mass is 552 g/mol. The zero-order valence-corrected chi connectivity index (χ0v) is 23.8. The van der Waals surface area contributed by atoms with Crippen LogP contribution < -0.4 is 4.74 Å². The third kappa shape index (κ3) is 6.62. The molecule has 7 nitrogen and oxygen atoms in total. The van der Waals surface area contributed by atoms with Gasteiger partial charge in [-0.2, -0.15) is 0 Å². The first-order valence-electron chi connectivity index (χ1n) is 13.5. The normalized spacial score (nSPS) is 17.2. The Morgan fingerprint density at radius 2 is 1.66 bits per heavy atom. The molecule has 2 amide bonds. The minimum absolute atomic E-state index is 0.0444. The first kappa shape index (κ1) is 26.8. The van der Waals surface area contributed by atoms with Gasteiger partial charge in [-0.05, 0) is 68.8 Å². The molecule has 3 aromatic rings. The van der Waals surface area contributed by atoms with Gasteiger partial charge in [0.2, 0.25) is 0 Å². The average Bonchev–Trinajstić information content (AvgIpc) is 3.65. The highest BCUT2D eigenvalue weighted by Crippen LogP contribution is 2.31. The number of ether oxygens (including phenoxy) is 1. The van der Waals surface area contributed by atoms with Crippen LogP contribution >= 0.6 is 22.7 Å². The summed E-state index contributed by atoms with van der Waals surface area (Å²) in [5, 5.41) is 5.06. The van der Waals surface area contributed by atoms with Gasteiger partial charge in [0, 0.05) is 67.6 Å². The summed E-state index contributed by atoms with van der Waals surface area (Å²) < 4.78 is 5.68. The molecule has 0 radical (unpaired) electrons. The first-order valence-corrected chi connectivity index (χ1v) is 15.3. The molecule has 0 N–H and O–H groups in total. The van der Waals surface area contributed by atoms with E-state index in [0.717, 1.165) is 62.7 Å². The highest BCUT2D eigenvalue weighted by Gasteiger charge is 2.28. The summed E-state index contributed by atoms with van der Waals surface area (Å²) in [5.41, 5.74) is 1.26. The molecule has 2 fully saturated rings. The maximum Gasteiger partial charge on any atom is 0.273 e. The van der Waals surface area contributed by atoms with Gasteiger partial charge in [0.15, 0.2) is 0 Å². The Balaban J connectivity index is 1.08. The molecule has 5 rings (SSSR count). The van der Waals surface area contributed by atoms with Gasteiger partial charge < -0.3 is 14.5 Å². The van der Waals surface area contributed by atoms with Crippen LogP contribution in [0.15, 0.2) is 47.2 Å². The number of nitrogens with zero attached hydrogens (tertiary/aromatic N) is 4. The number of rotatable bonds is 8. The molecule has 2 aliphatic heterocycles. The molecule has 9 heteroatoms. The number of thiophene rings is 1. The molecule has 2 aromatic heterocycles. The lowest BCUT2D eigenvalue weighted by atomic mass is 9.97. The smallest absolute Gasteiger partial charge is 0.273 e. The number of thiazole rings is 1. The van der Waals surface area contributed by atoms with Crippen molar-refractivity contribution in [3.8, 4) is 5.75 Å². The second-order valence-corrected chi connectivity index (χ2v) is 12.2. The highest BCUT2D eigenvalue weighted by atomic mass is 32.1. The van der Waals surface area contributed by atoms with Crippen LogP contribution in [-0.4, -0.2) is 83.4 Å². The molecule has 0 atom stereocenters. The Morgan fingerprint density at radius 1 is 0.947 bits per heavy atom. The average molecular weight is 553 g/mol. The fraction of sp³-hybridized carbons (Fsp3) is 0.483. The van der Waals surface area contributed by atoms with E-state index in [1.54, 1.807) is 11.3 Å². The van der Waals surface area contributed by atoms with Crippen molar-refractivity contribution >= 4 is 34.5 Å². The van der Waals surface area contributed by atoms with Crippen molar-refractivity contribution in [1.82, 2.24) is 19.7 Å². The number of aromatic nitrogens is 1. The number of likely N-dealkylation sites (tertiary alicyclic amines) is 1. The Kier molecular flexibility index (Phi) is 8.76. The van der Waals surface area contributed by atoms with E-state index in [9.17, 15) is 9.59 Å². The van der Waals surface area contributed by atoms with Gasteiger partial charge in [-0.25, -0.2) is 4.98 Å². The molecule has 202 valence electrons. The van der Waals surface area contributed by atoms with E-state index in [4.69, 9.17) is 9.72 Å². The summed E-state index contributed by atoms with van der Waals surface area (Å²) in [6.45, 7) is 9.74. The van der Waals surface area contributed by atoms with Gasteiger partial charge in [0.1, 0.15) is 11.4 Å². The van der Waals surface area contributed by atoms with Gasteiger partial charge in [-0.1, -0.05) is 6.07 Å². The van der Waals surface area contributed by atoms with Gasteiger partial charge in [0.25, 0.3) is 11.8 Å². The quantitative estimate of drug-likeness (QED) is 0.393. The van der Waals surface area contributed by atoms with E-state index in [-0.39, 0.29) is 17.9 Å². The zero-order valence-electron chi connectivity index (χ0n) is 22.2. The molecule has 0 spiro atoms. The van der Waals surface area contributed by atoms with Crippen LogP contribution in [0, 0.1) is 0 Å². The van der Waals surface area contributed by atoms with Crippen molar-refractivity contribution in [1.29, 1.82) is 0 Å². The number of piperidine rings is 1. The van der Waals surface area contributed by atoms with Crippen LogP contribution in [0.25, 0.3) is 0 Å². The number of carbonyl (C=O) groups is 2. The molecule has 4 heterocycles. The molecule has 2 saturated heterocycles. The maximum atomic E-state index is 13.1. The molecular weight excluding hydrogens is 516 g/mol. The maximum absolute atomic E-state index is 13.1. The number of hydrogen-bond acceptors (Lipinski definition) is 7. The van der Waals surface area contributed by atoms with Gasteiger partial charge in [-0.15, -0.1) is 22.7 Å². The van der Waals surface area contributed by atoms with Crippen LogP contribution in [0.5, 0.6) is 5.75 Å². The van der Waals surface area contributed by atoms with Crippen LogP contribution in [-0.2, 0) is 6.42 Å². The summed E-state index contributed by atoms with van der Waals surface area (Å²) in [4.78, 5) is 38.6. The van der Waals surface area contributed by atoms with Gasteiger partial charge in [0.05, 0.1) is 11.1 Å². The van der Waals surface area contributed by atoms with Crippen LogP contribution in [0.4, 0.5) is 0 Å². The molecule has 0 bridgehead atoms. The second-order valence-electron chi connectivity index (χ2n) is 10.3. The third-order valence-electron chi connectivity index (χ3n) is 7.26. The zero-order chi connectivity index (χ0) is 26.5. The van der Waals surface area contributed by atoms with Gasteiger partial charge in [-0.3, -0.25) is 14.5 Å². The summed E-state index contributed by atoms with van der Waals surface area (Å²) in [6.07, 6.45) is 2.91. The predicted molar refractivity (Wildman–Crippen MR) is 153 cm³/mol. The van der Waals surface area contributed by atoms with Crippen molar-refractivity contribution in [2.45, 2.75) is 45.1 Å².